The average molecular weight is 368 g/mol. The monoisotopic (exact) mass is 368 g/mol. The van der Waals surface area contributed by atoms with Crippen molar-refractivity contribution in [3.05, 3.63) is 41.0 Å². The molecule has 1 N–H and O–H groups in total. The van der Waals surface area contributed by atoms with E-state index in [2.05, 4.69) is 42.0 Å². The third-order valence-electron chi connectivity index (χ3n) is 4.77. The number of aromatic amines is 1. The molecule has 0 saturated carbocycles. The molecule has 2 aromatic carbocycles. The van der Waals surface area contributed by atoms with E-state index in [0.717, 1.165) is 22.3 Å². The lowest BCUT2D eigenvalue weighted by atomic mass is 9.99. The average Bonchev–Trinajstić information content (AvgIpc) is 3.05. The Morgan fingerprint density at radius 3 is 2.52 bits per heavy atom. The summed E-state index contributed by atoms with van der Waals surface area (Å²) in [5, 5.41) is 2.39. The number of hydrogen-bond donors (Lipinski definition) is 1. The summed E-state index contributed by atoms with van der Waals surface area (Å²) in [5.41, 5.74) is 5.77. The van der Waals surface area contributed by atoms with Gasteiger partial charge in [0.05, 0.1) is 13.7 Å². The summed E-state index contributed by atoms with van der Waals surface area (Å²) in [6, 6.07) is 8.30. The Hall–Kier alpha value is -2.37. The summed E-state index contributed by atoms with van der Waals surface area (Å²) in [4.78, 5) is 8.11. The van der Waals surface area contributed by atoms with Crippen molar-refractivity contribution >= 4 is 28.0 Å². The van der Waals surface area contributed by atoms with Crippen LogP contribution in [0.3, 0.4) is 0 Å². The molecular weight excluding hydrogens is 340 g/mol. The zero-order chi connectivity index (χ0) is 19.4. The first-order valence-corrected chi connectivity index (χ1v) is 9.41. The number of aromatic nitrogens is 1. The maximum Gasteiger partial charge on any atom is 0.176 e. The lowest BCUT2D eigenvalue weighted by molar-refractivity contribution is -0.128. The molecule has 0 unspecified atom stereocenters. The van der Waals surface area contributed by atoms with Gasteiger partial charge in [-0.2, -0.15) is 0 Å². The van der Waals surface area contributed by atoms with Crippen molar-refractivity contribution < 1.29 is 14.2 Å². The van der Waals surface area contributed by atoms with Gasteiger partial charge in [0.2, 0.25) is 0 Å². The van der Waals surface area contributed by atoms with Gasteiger partial charge in [0.25, 0.3) is 0 Å². The largest absolute Gasteiger partial charge is 0.497 e. The molecule has 3 rings (SSSR count). The summed E-state index contributed by atoms with van der Waals surface area (Å²) in [5.74, 6) is 0.857. The maximum atomic E-state index is 5.56. The number of nitrogens with one attached hydrogen (secondary N) is 1. The number of H-pyrrole nitrogens is 1. The van der Waals surface area contributed by atoms with Crippen LogP contribution in [-0.2, 0) is 9.47 Å². The number of nitrogens with zero attached hydrogens (tertiary/aromatic N) is 1. The molecular formula is C22H28N2O3. The first kappa shape index (κ1) is 19.4. The van der Waals surface area contributed by atoms with Gasteiger partial charge < -0.3 is 19.2 Å². The Bertz CT molecular complexity index is 953. The van der Waals surface area contributed by atoms with Gasteiger partial charge in [0.1, 0.15) is 5.75 Å². The molecule has 0 amide bonds. The van der Waals surface area contributed by atoms with Crippen molar-refractivity contribution in [1.29, 1.82) is 0 Å². The summed E-state index contributed by atoms with van der Waals surface area (Å²) < 4.78 is 16.5. The topological polar surface area (TPSA) is 55.8 Å². The van der Waals surface area contributed by atoms with Crippen LogP contribution in [0.1, 0.15) is 30.5 Å². The zero-order valence-corrected chi connectivity index (χ0v) is 16.8. The molecule has 0 fully saturated rings. The summed E-state index contributed by atoms with van der Waals surface area (Å²) in [6.07, 6.45) is 1.63. The molecule has 5 heteroatoms. The van der Waals surface area contributed by atoms with E-state index in [4.69, 9.17) is 14.2 Å². The lowest BCUT2D eigenvalue weighted by Gasteiger charge is -2.14. The van der Waals surface area contributed by atoms with E-state index in [1.807, 2.05) is 26.1 Å². The SMILES string of the molecule is CCOC(CN=Cc1cc(C)c2[nH]c3ccc(OC)cc3c2c1C)OCC. The van der Waals surface area contributed by atoms with E-state index in [0.29, 0.717) is 19.8 Å². The number of aliphatic imine (C=N–C) groups is 1. The maximum absolute atomic E-state index is 5.56. The molecule has 27 heavy (non-hydrogen) atoms. The molecule has 5 nitrogen and oxygen atoms in total. The van der Waals surface area contributed by atoms with Crippen molar-refractivity contribution in [2.75, 3.05) is 26.9 Å². The van der Waals surface area contributed by atoms with Crippen LogP contribution >= 0.6 is 0 Å². The molecule has 0 spiro atoms. The number of benzene rings is 2. The first-order chi connectivity index (χ1) is 13.1. The standard InChI is InChI=1S/C22H28N2O3/c1-6-26-20(27-7-2)13-23-12-16-10-14(3)22-21(15(16)4)18-11-17(25-5)8-9-19(18)24-22/h8-12,20,24H,6-7,13H2,1-5H3. The highest BCUT2D eigenvalue weighted by molar-refractivity contribution is 6.12. The molecule has 0 aliphatic heterocycles. The van der Waals surface area contributed by atoms with Crippen LogP contribution in [-0.4, -0.2) is 44.4 Å². The van der Waals surface area contributed by atoms with E-state index < -0.39 is 0 Å². The number of aryl methyl sites for hydroxylation is 2. The highest BCUT2D eigenvalue weighted by Crippen LogP contribution is 2.33. The Labute approximate surface area is 160 Å². The van der Waals surface area contributed by atoms with E-state index >= 15 is 0 Å². The lowest BCUT2D eigenvalue weighted by Crippen LogP contribution is -2.20. The van der Waals surface area contributed by atoms with Crippen LogP contribution in [0.5, 0.6) is 5.75 Å². The van der Waals surface area contributed by atoms with Crippen molar-refractivity contribution in [1.82, 2.24) is 4.98 Å². The van der Waals surface area contributed by atoms with E-state index in [9.17, 15) is 0 Å². The van der Waals surface area contributed by atoms with Crippen LogP contribution in [0.25, 0.3) is 21.8 Å². The fraction of sp³-hybridized carbons (Fsp3) is 0.409. The number of methoxy groups -OCH3 is 1. The molecule has 0 aliphatic rings. The van der Waals surface area contributed by atoms with Crippen LogP contribution in [0.2, 0.25) is 0 Å². The summed E-state index contributed by atoms with van der Waals surface area (Å²) in [6.45, 7) is 9.89. The Morgan fingerprint density at radius 2 is 1.85 bits per heavy atom. The Morgan fingerprint density at radius 1 is 1.11 bits per heavy atom. The smallest absolute Gasteiger partial charge is 0.176 e. The second kappa shape index (κ2) is 8.55. The van der Waals surface area contributed by atoms with Gasteiger partial charge in [0, 0.05) is 41.2 Å². The highest BCUT2D eigenvalue weighted by Gasteiger charge is 2.13. The predicted octanol–water partition coefficient (Wildman–Crippen LogP) is 4.76. The molecule has 1 heterocycles. The second-order valence-electron chi connectivity index (χ2n) is 6.53. The summed E-state index contributed by atoms with van der Waals surface area (Å²) in [7, 11) is 1.69. The fourth-order valence-corrected chi connectivity index (χ4v) is 3.44. The van der Waals surface area contributed by atoms with Crippen LogP contribution in [0.15, 0.2) is 29.3 Å². The molecule has 3 aromatic rings. The molecule has 0 aliphatic carbocycles. The minimum atomic E-state index is -0.293. The normalized spacial score (nSPS) is 12.1. The molecule has 0 bridgehead atoms. The molecule has 0 radical (unpaired) electrons. The highest BCUT2D eigenvalue weighted by atomic mass is 16.7. The van der Waals surface area contributed by atoms with E-state index in [1.165, 1.54) is 21.9 Å². The molecule has 1 aromatic heterocycles. The van der Waals surface area contributed by atoms with E-state index in [1.54, 1.807) is 7.11 Å². The van der Waals surface area contributed by atoms with Crippen LogP contribution < -0.4 is 4.74 Å². The first-order valence-electron chi connectivity index (χ1n) is 9.41. The quantitative estimate of drug-likeness (QED) is 0.460. The number of fused-ring (bicyclic) bond motifs is 3. The Balaban J connectivity index is 2.00. The van der Waals surface area contributed by atoms with Gasteiger partial charge in [-0.3, -0.25) is 4.99 Å². The third kappa shape index (κ3) is 3.99. The number of ether oxygens (including phenoxy) is 3. The second-order valence-corrected chi connectivity index (χ2v) is 6.53. The van der Waals surface area contributed by atoms with Gasteiger partial charge in [0.15, 0.2) is 6.29 Å². The van der Waals surface area contributed by atoms with Crippen LogP contribution in [0, 0.1) is 13.8 Å². The number of rotatable bonds is 8. The van der Waals surface area contributed by atoms with Crippen molar-refractivity contribution in [2.45, 2.75) is 34.0 Å². The van der Waals surface area contributed by atoms with E-state index in [-0.39, 0.29) is 6.29 Å². The fourth-order valence-electron chi connectivity index (χ4n) is 3.44. The van der Waals surface area contributed by atoms with Gasteiger partial charge in [-0.25, -0.2) is 0 Å². The minimum Gasteiger partial charge on any atom is -0.497 e. The van der Waals surface area contributed by atoms with Crippen molar-refractivity contribution in [2.24, 2.45) is 4.99 Å². The Kier molecular flexibility index (Phi) is 6.14. The predicted molar refractivity (Wildman–Crippen MR) is 111 cm³/mol. The molecule has 0 saturated heterocycles. The molecule has 0 atom stereocenters. The van der Waals surface area contributed by atoms with Crippen molar-refractivity contribution in [3.8, 4) is 5.75 Å². The van der Waals surface area contributed by atoms with Crippen molar-refractivity contribution in [3.63, 3.8) is 0 Å². The van der Waals surface area contributed by atoms with Crippen LogP contribution in [0.4, 0.5) is 0 Å². The minimum absolute atomic E-state index is 0.293. The molecule has 144 valence electrons. The van der Waals surface area contributed by atoms with Gasteiger partial charge in [-0.05, 0) is 68.7 Å². The summed E-state index contributed by atoms with van der Waals surface area (Å²) >= 11 is 0. The van der Waals surface area contributed by atoms with Gasteiger partial charge >= 0.3 is 0 Å². The third-order valence-corrected chi connectivity index (χ3v) is 4.77. The van der Waals surface area contributed by atoms with Gasteiger partial charge in [-0.1, -0.05) is 0 Å². The number of hydrogen-bond acceptors (Lipinski definition) is 4. The van der Waals surface area contributed by atoms with Gasteiger partial charge in [-0.15, -0.1) is 0 Å². The zero-order valence-electron chi connectivity index (χ0n) is 16.8.